The van der Waals surface area contributed by atoms with E-state index in [0.717, 1.165) is 0 Å². The maximum Gasteiger partial charge on any atom is 0.344 e. The Hall–Kier alpha value is -0.640. The summed E-state index contributed by atoms with van der Waals surface area (Å²) in [5.74, 6) is -0.110. The van der Waals surface area contributed by atoms with Gasteiger partial charge in [-0.15, -0.1) is 0 Å². The Morgan fingerprint density at radius 1 is 1.62 bits per heavy atom. The monoisotopic (exact) mass is 306 g/mol. The van der Waals surface area contributed by atoms with Crippen LogP contribution in [0.25, 0.3) is 0 Å². The van der Waals surface area contributed by atoms with E-state index in [9.17, 15) is 4.79 Å². The van der Waals surface area contributed by atoms with Gasteiger partial charge in [-0.2, -0.15) is 0 Å². The van der Waals surface area contributed by atoms with Crippen LogP contribution in [0.4, 0.5) is 0 Å². The van der Waals surface area contributed by atoms with Crippen molar-refractivity contribution in [1.29, 1.82) is 0 Å². The van der Waals surface area contributed by atoms with Gasteiger partial charge in [0.2, 0.25) is 0 Å². The van der Waals surface area contributed by atoms with Crippen molar-refractivity contribution in [2.75, 3.05) is 7.11 Å². The molecule has 0 fully saturated rings. The fourth-order valence-electron chi connectivity index (χ4n) is 1.42. The van der Waals surface area contributed by atoms with Crippen LogP contribution in [0.2, 0.25) is 0 Å². The molecule has 1 aromatic carbocycles. The summed E-state index contributed by atoms with van der Waals surface area (Å²) in [5.41, 5.74) is 1.69. The molecule has 4 nitrogen and oxygen atoms in total. The van der Waals surface area contributed by atoms with Crippen LogP contribution in [0.3, 0.4) is 0 Å². The number of hydrogen-bond acceptors (Lipinski definition) is 4. The molecule has 0 radical (unpaired) electrons. The van der Waals surface area contributed by atoms with Gasteiger partial charge in [0.05, 0.1) is 23.2 Å². The number of hydrogen-bond donors (Lipinski definition) is 1. The zero-order chi connectivity index (χ0) is 12.3. The van der Waals surface area contributed by atoms with Crippen molar-refractivity contribution in [2.45, 2.75) is 13.5 Å². The number of aliphatic hydroxyl groups excluding tert-OH is 1. The quantitative estimate of drug-likeness (QED) is 0.870. The molecule has 88 valence electrons. The van der Waals surface area contributed by atoms with Gasteiger partial charge in [-0.25, -0.2) is 4.79 Å². The minimum absolute atomic E-state index is 0.131. The van der Waals surface area contributed by atoms with Gasteiger partial charge in [-0.3, -0.25) is 0 Å². The van der Waals surface area contributed by atoms with Crippen molar-refractivity contribution in [3.8, 4) is 5.75 Å². The summed E-state index contributed by atoms with van der Waals surface area (Å²) in [5, 5.41) is 9.14. The van der Waals surface area contributed by atoms with E-state index in [1.807, 2.05) is 9.47 Å². The van der Waals surface area contributed by atoms with Crippen LogP contribution >= 0.6 is 25.4 Å². The van der Waals surface area contributed by atoms with E-state index in [4.69, 9.17) is 9.84 Å². The molecular weight excluding hydrogens is 295 g/mol. The minimum Gasteiger partial charge on any atom is -0.496 e. The number of halogens is 1. The first-order valence-corrected chi connectivity index (χ1v) is 5.71. The number of carbonyl (C=O) groups excluding carboxylic acids is 1. The molecule has 0 aliphatic rings. The van der Waals surface area contributed by atoms with Crippen LogP contribution in [-0.2, 0) is 11.1 Å². The van der Waals surface area contributed by atoms with Crippen LogP contribution in [0.5, 0.6) is 5.75 Å². The van der Waals surface area contributed by atoms with Gasteiger partial charge in [0.15, 0.2) is 0 Å². The molecule has 1 atom stereocenters. The largest absolute Gasteiger partial charge is 0.496 e. The Morgan fingerprint density at radius 2 is 2.25 bits per heavy atom. The number of ether oxygens (including phenoxy) is 1. The van der Waals surface area contributed by atoms with E-state index in [1.165, 1.54) is 7.11 Å². The topological polar surface area (TPSA) is 55.8 Å². The first kappa shape index (κ1) is 13.4. The highest BCUT2D eigenvalue weighted by atomic mass is 79.9. The molecule has 0 aliphatic heterocycles. The summed E-state index contributed by atoms with van der Waals surface area (Å²) in [6, 6.07) is 1.61. The van der Waals surface area contributed by atoms with E-state index in [0.29, 0.717) is 26.9 Å². The van der Waals surface area contributed by atoms with Crippen molar-refractivity contribution in [2.24, 2.45) is 0 Å². The Morgan fingerprint density at radius 3 is 2.69 bits per heavy atom. The van der Waals surface area contributed by atoms with E-state index in [-0.39, 0.29) is 6.61 Å². The van der Waals surface area contributed by atoms with Crippen LogP contribution in [0.15, 0.2) is 10.5 Å². The molecule has 6 heteroatoms. The molecule has 0 aliphatic carbocycles. The molecule has 1 unspecified atom stereocenters. The first-order chi connectivity index (χ1) is 7.56. The Kier molecular flexibility index (Phi) is 4.71. The zero-order valence-electron chi connectivity index (χ0n) is 8.91. The van der Waals surface area contributed by atoms with Crippen LogP contribution < -0.4 is 4.74 Å². The lowest BCUT2D eigenvalue weighted by molar-refractivity contribution is 0.0761. The molecule has 0 aromatic heterocycles. The molecule has 0 saturated carbocycles. The summed E-state index contributed by atoms with van der Waals surface area (Å²) in [7, 11) is 3.37. The zero-order valence-corrected chi connectivity index (χ0v) is 11.7. The molecular formula is C10H12BrO4P. The van der Waals surface area contributed by atoms with Crippen LogP contribution in [-0.4, -0.2) is 18.2 Å². The molecule has 0 amide bonds. The van der Waals surface area contributed by atoms with Crippen molar-refractivity contribution in [3.05, 3.63) is 27.2 Å². The van der Waals surface area contributed by atoms with Crippen molar-refractivity contribution in [1.82, 2.24) is 0 Å². The van der Waals surface area contributed by atoms with Crippen LogP contribution in [0, 0.1) is 6.92 Å². The number of rotatable bonds is 3. The van der Waals surface area contributed by atoms with Gasteiger partial charge < -0.3 is 14.4 Å². The van der Waals surface area contributed by atoms with Gasteiger partial charge in [0, 0.05) is 4.47 Å². The van der Waals surface area contributed by atoms with Gasteiger partial charge in [-0.05, 0) is 24.1 Å². The van der Waals surface area contributed by atoms with E-state index >= 15 is 0 Å². The number of carbonyl (C=O) groups is 1. The van der Waals surface area contributed by atoms with Crippen molar-refractivity contribution < 1.29 is 19.2 Å². The fraction of sp³-hybridized carbons (Fsp3) is 0.300. The minimum atomic E-state index is -0.496. The fourth-order valence-corrected chi connectivity index (χ4v) is 1.97. The normalized spacial score (nSPS) is 10.1. The van der Waals surface area contributed by atoms with E-state index in [2.05, 4.69) is 20.5 Å². The Labute approximate surface area is 104 Å². The van der Waals surface area contributed by atoms with E-state index in [1.54, 1.807) is 13.0 Å². The van der Waals surface area contributed by atoms with Gasteiger partial charge >= 0.3 is 5.97 Å². The maximum atomic E-state index is 11.6. The summed E-state index contributed by atoms with van der Waals surface area (Å²) >= 11 is 3.32. The standard InChI is InChI=1S/C10H12BrO4P/c1-5-8(10(13)15-16)7(14-2)3-6(4-12)9(5)11/h3,12H,4,16H2,1-2H3. The predicted octanol–water partition coefficient (Wildman–Crippen LogP) is 2.21. The molecule has 1 rings (SSSR count). The van der Waals surface area contributed by atoms with Crippen molar-refractivity contribution in [3.63, 3.8) is 0 Å². The summed E-state index contributed by atoms with van der Waals surface area (Å²) in [4.78, 5) is 11.6. The average Bonchev–Trinajstić information content (AvgIpc) is 2.31. The molecule has 16 heavy (non-hydrogen) atoms. The lowest BCUT2D eigenvalue weighted by Crippen LogP contribution is -2.06. The third-order valence-corrected chi connectivity index (χ3v) is 3.56. The summed E-state index contributed by atoms with van der Waals surface area (Å²) < 4.78 is 10.4. The maximum absolute atomic E-state index is 11.6. The van der Waals surface area contributed by atoms with Gasteiger partial charge in [0.25, 0.3) is 0 Å². The highest BCUT2D eigenvalue weighted by Crippen LogP contribution is 2.33. The molecule has 0 saturated heterocycles. The third kappa shape index (κ3) is 2.37. The van der Waals surface area contributed by atoms with Crippen molar-refractivity contribution >= 4 is 31.4 Å². The lowest BCUT2D eigenvalue weighted by atomic mass is 10.0. The molecule has 1 aromatic rings. The van der Waals surface area contributed by atoms with Crippen LogP contribution in [0.1, 0.15) is 21.5 Å². The van der Waals surface area contributed by atoms with E-state index < -0.39 is 5.97 Å². The number of aliphatic hydroxyl groups is 1. The highest BCUT2D eigenvalue weighted by molar-refractivity contribution is 9.10. The second-order valence-corrected chi connectivity index (χ2v) is 4.14. The molecule has 0 bridgehead atoms. The average molecular weight is 307 g/mol. The molecule has 0 spiro atoms. The molecule has 0 heterocycles. The predicted molar refractivity (Wildman–Crippen MR) is 66.5 cm³/mol. The second-order valence-electron chi connectivity index (χ2n) is 3.12. The summed E-state index contributed by atoms with van der Waals surface area (Å²) in [6.07, 6.45) is 0. The summed E-state index contributed by atoms with van der Waals surface area (Å²) in [6.45, 7) is 1.62. The second kappa shape index (κ2) is 5.62. The third-order valence-electron chi connectivity index (χ3n) is 2.24. The number of methoxy groups -OCH3 is 1. The van der Waals surface area contributed by atoms with Gasteiger partial charge in [0.1, 0.15) is 11.3 Å². The highest BCUT2D eigenvalue weighted by Gasteiger charge is 2.20. The van der Waals surface area contributed by atoms with Gasteiger partial charge in [-0.1, -0.05) is 15.9 Å². The SMILES string of the molecule is COc1cc(CO)c(Br)c(C)c1C(=O)OP. The lowest BCUT2D eigenvalue weighted by Gasteiger charge is -2.14. The Bertz CT molecular complexity index is 420. The molecule has 1 N–H and O–H groups in total. The first-order valence-electron chi connectivity index (χ1n) is 4.44. The smallest absolute Gasteiger partial charge is 0.344 e. The Balaban J connectivity index is 3.47. The number of benzene rings is 1.